The number of nitrogens with zero attached hydrogens (tertiary/aromatic N) is 2. The lowest BCUT2D eigenvalue weighted by Gasteiger charge is -2.19. The minimum absolute atomic E-state index is 1.19. The normalized spacial score (nSPS) is 12.0. The zero-order valence-corrected chi connectivity index (χ0v) is 43.6. The molecule has 0 saturated heterocycles. The van der Waals surface area contributed by atoms with Gasteiger partial charge in [0.1, 0.15) is 0 Å². The maximum absolute atomic E-state index is 2.58. The van der Waals surface area contributed by atoms with Crippen molar-refractivity contribution in [2.45, 2.75) is 0 Å². The SMILES string of the molecule is c1ccc(-c2cc(-c3ccccc3)c(-c3ccc4c(c3)c3c5c6ccccc6n6c7ccc(-c8c(-c9ccccc9)cc(-c9ccccc9)cc8-c8ccccc8)cc7c(c7c8ccccc8n4c73)c56)c(-c3ccccc3)c2)cc1. The number of hydrogen-bond acceptors (Lipinski definition) is 0. The fourth-order valence-corrected chi connectivity index (χ4v) is 13.8. The van der Waals surface area contributed by atoms with E-state index in [4.69, 9.17) is 0 Å². The summed E-state index contributed by atoms with van der Waals surface area (Å²) in [6.45, 7) is 0. The van der Waals surface area contributed by atoms with E-state index in [1.807, 2.05) is 0 Å². The molecule has 4 heterocycles. The molecular weight excluding hydrogens is 965 g/mol. The van der Waals surface area contributed by atoms with E-state index >= 15 is 0 Å². The number of aromatic nitrogens is 2. The first-order valence-electron chi connectivity index (χ1n) is 27.7. The smallest absolute Gasteiger partial charge is 0.0634 e. The second kappa shape index (κ2) is 17.5. The first kappa shape index (κ1) is 44.6. The van der Waals surface area contributed by atoms with Crippen molar-refractivity contribution in [1.82, 2.24) is 8.80 Å². The summed E-state index contributed by atoms with van der Waals surface area (Å²) in [5.74, 6) is 0. The van der Waals surface area contributed by atoms with Gasteiger partial charge in [0.25, 0.3) is 0 Å². The van der Waals surface area contributed by atoms with Gasteiger partial charge in [-0.25, -0.2) is 0 Å². The molecule has 0 unspecified atom stereocenters. The average Bonchev–Trinajstić information content (AvgIpc) is 3.00. The van der Waals surface area contributed by atoms with Crippen LogP contribution in [-0.4, -0.2) is 8.80 Å². The Kier molecular flexibility index (Phi) is 9.75. The fraction of sp³-hybridized carbons (Fsp3) is 0. The standard InChI is InChI=1S/C78H48N2/c1-7-23-49(24-8-1)57-45-61(51-27-11-3-12-28-51)71(62(46-57)52-29-13-4-14-30-52)55-39-41-69-65(43-55)75-73-59-35-19-22-38-68(59)80-70-42-40-56(44-66(70)76(78(73)80)74-60-36-20-21-37-67(60)79(69)77(74)75)72-63(53-31-15-5-16-32-53)47-58(50-25-9-2-10-26-50)48-64(72)54-33-17-6-18-34-54/h1-48H. The fourth-order valence-electron chi connectivity index (χ4n) is 13.8. The molecule has 0 aliphatic heterocycles. The van der Waals surface area contributed by atoms with Gasteiger partial charge in [0.05, 0.1) is 33.1 Å². The minimum Gasteiger partial charge on any atom is -0.308 e. The molecule has 2 nitrogen and oxygen atoms in total. The second-order valence-corrected chi connectivity index (χ2v) is 21.5. The third kappa shape index (κ3) is 6.54. The topological polar surface area (TPSA) is 8.82 Å². The van der Waals surface area contributed by atoms with Crippen molar-refractivity contribution >= 4 is 76.2 Å². The summed E-state index contributed by atoms with van der Waals surface area (Å²) in [5.41, 5.74) is 26.6. The van der Waals surface area contributed by atoms with E-state index < -0.39 is 0 Å². The lowest BCUT2D eigenvalue weighted by molar-refractivity contribution is 1.37. The first-order chi connectivity index (χ1) is 39.7. The highest BCUT2D eigenvalue weighted by Crippen LogP contribution is 2.54. The van der Waals surface area contributed by atoms with Crippen LogP contribution in [0.1, 0.15) is 0 Å². The van der Waals surface area contributed by atoms with E-state index in [0.29, 0.717) is 0 Å². The van der Waals surface area contributed by atoms with E-state index in [1.165, 1.54) is 165 Å². The molecule has 0 amide bonds. The maximum atomic E-state index is 2.58. The summed E-state index contributed by atoms with van der Waals surface area (Å²) >= 11 is 0. The van der Waals surface area contributed by atoms with Crippen LogP contribution in [0, 0.1) is 0 Å². The molecule has 2 heteroatoms. The Labute approximate surface area is 462 Å². The van der Waals surface area contributed by atoms with Gasteiger partial charge in [-0.05, 0) is 150 Å². The molecule has 0 spiro atoms. The Balaban J connectivity index is 0.998. The van der Waals surface area contributed by atoms with Crippen LogP contribution in [0.25, 0.3) is 165 Å². The largest absolute Gasteiger partial charge is 0.308 e. The van der Waals surface area contributed by atoms with E-state index in [2.05, 4.69) is 300 Å². The lowest BCUT2D eigenvalue weighted by atomic mass is 9.84. The van der Waals surface area contributed by atoms with Gasteiger partial charge in [-0.2, -0.15) is 0 Å². The van der Waals surface area contributed by atoms with E-state index in [0.717, 1.165) is 0 Å². The molecule has 0 bridgehead atoms. The molecular formula is C78H48N2. The molecule has 0 fully saturated rings. The van der Waals surface area contributed by atoms with Crippen molar-refractivity contribution in [2.24, 2.45) is 0 Å². The Morgan fingerprint density at radius 1 is 0.175 bits per heavy atom. The molecule has 0 aliphatic carbocycles. The Hall–Kier alpha value is -10.5. The number of fused-ring (bicyclic) bond motifs is 14. The van der Waals surface area contributed by atoms with Crippen molar-refractivity contribution in [3.63, 3.8) is 0 Å². The number of hydrogen-bond donors (Lipinski definition) is 0. The summed E-state index contributed by atoms with van der Waals surface area (Å²) in [7, 11) is 0. The zero-order chi connectivity index (χ0) is 52.4. The number of rotatable bonds is 8. The minimum atomic E-state index is 1.19. The Morgan fingerprint density at radius 2 is 0.438 bits per heavy atom. The van der Waals surface area contributed by atoms with Gasteiger partial charge >= 0.3 is 0 Å². The van der Waals surface area contributed by atoms with Gasteiger partial charge < -0.3 is 8.80 Å². The van der Waals surface area contributed by atoms with Crippen LogP contribution in [0.4, 0.5) is 0 Å². The zero-order valence-electron chi connectivity index (χ0n) is 43.6. The second-order valence-electron chi connectivity index (χ2n) is 21.5. The first-order valence-corrected chi connectivity index (χ1v) is 27.7. The predicted octanol–water partition coefficient (Wildman–Crippen LogP) is 21.3. The third-order valence-electron chi connectivity index (χ3n) is 17.1. The van der Waals surface area contributed by atoms with Gasteiger partial charge in [-0.3, -0.25) is 0 Å². The average molecular weight is 1010 g/mol. The van der Waals surface area contributed by atoms with Crippen molar-refractivity contribution in [1.29, 1.82) is 0 Å². The van der Waals surface area contributed by atoms with E-state index in [1.54, 1.807) is 0 Å². The molecule has 370 valence electrons. The van der Waals surface area contributed by atoms with Gasteiger partial charge in [0.2, 0.25) is 0 Å². The summed E-state index contributed by atoms with van der Waals surface area (Å²) in [4.78, 5) is 0. The quantitative estimate of drug-likeness (QED) is 0.143. The highest BCUT2D eigenvalue weighted by atomic mass is 14.9. The van der Waals surface area contributed by atoms with Gasteiger partial charge in [0, 0.05) is 43.1 Å². The molecule has 0 aliphatic rings. The highest BCUT2D eigenvalue weighted by molar-refractivity contribution is 6.45. The lowest BCUT2D eigenvalue weighted by Crippen LogP contribution is -1.93. The summed E-state index contributed by atoms with van der Waals surface area (Å²) < 4.78 is 5.17. The summed E-state index contributed by atoms with van der Waals surface area (Å²) in [6, 6.07) is 108. The van der Waals surface area contributed by atoms with Crippen LogP contribution < -0.4 is 0 Å². The Bertz CT molecular complexity index is 4780. The molecule has 17 rings (SSSR count). The molecule has 4 aromatic heterocycles. The number of benzene rings is 13. The van der Waals surface area contributed by atoms with Crippen molar-refractivity contribution < 1.29 is 0 Å². The Morgan fingerprint density at radius 3 is 0.762 bits per heavy atom. The molecule has 80 heavy (non-hydrogen) atoms. The van der Waals surface area contributed by atoms with Crippen LogP contribution in [0.3, 0.4) is 0 Å². The summed E-state index contributed by atoms with van der Waals surface area (Å²) in [6.07, 6.45) is 0. The third-order valence-corrected chi connectivity index (χ3v) is 17.1. The van der Waals surface area contributed by atoms with Crippen molar-refractivity contribution in [3.8, 4) is 89.0 Å². The monoisotopic (exact) mass is 1010 g/mol. The van der Waals surface area contributed by atoms with E-state index in [9.17, 15) is 0 Å². The van der Waals surface area contributed by atoms with Crippen LogP contribution >= 0.6 is 0 Å². The van der Waals surface area contributed by atoms with E-state index in [-0.39, 0.29) is 0 Å². The predicted molar refractivity (Wildman–Crippen MR) is 339 cm³/mol. The molecule has 17 aromatic rings. The van der Waals surface area contributed by atoms with Crippen LogP contribution in [0.5, 0.6) is 0 Å². The van der Waals surface area contributed by atoms with Crippen molar-refractivity contribution in [2.75, 3.05) is 0 Å². The van der Waals surface area contributed by atoms with Crippen LogP contribution in [0.2, 0.25) is 0 Å². The van der Waals surface area contributed by atoms with Gasteiger partial charge in [0.15, 0.2) is 0 Å². The molecule has 0 N–H and O–H groups in total. The molecule has 13 aromatic carbocycles. The van der Waals surface area contributed by atoms with Crippen molar-refractivity contribution in [3.05, 3.63) is 291 Å². The van der Waals surface area contributed by atoms with Crippen LogP contribution in [-0.2, 0) is 0 Å². The van der Waals surface area contributed by atoms with Gasteiger partial charge in [-0.15, -0.1) is 0 Å². The highest BCUT2D eigenvalue weighted by Gasteiger charge is 2.30. The summed E-state index contributed by atoms with van der Waals surface area (Å²) in [5, 5.41) is 10.2. The molecule has 0 atom stereocenters. The molecule has 0 saturated carbocycles. The number of para-hydroxylation sites is 2. The van der Waals surface area contributed by atoms with Crippen LogP contribution in [0.15, 0.2) is 291 Å². The van der Waals surface area contributed by atoms with Gasteiger partial charge in [-0.1, -0.05) is 231 Å². The molecule has 0 radical (unpaired) electrons. The maximum Gasteiger partial charge on any atom is 0.0634 e.